The highest BCUT2D eigenvalue weighted by molar-refractivity contribution is 9.11. The molecule has 0 saturated carbocycles. The topological polar surface area (TPSA) is 65.1 Å². The molecule has 0 aliphatic carbocycles. The first-order chi connectivity index (χ1) is 17.7. The van der Waals surface area contributed by atoms with Crippen molar-refractivity contribution in [3.05, 3.63) is 80.7 Å². The number of ether oxygens (including phenoxy) is 3. The number of nitrogens with zero attached hydrogens (tertiary/aromatic N) is 1. The number of benzene rings is 3. The Morgan fingerprint density at radius 2 is 1.59 bits per heavy atom. The molecule has 2 unspecified atom stereocenters. The van der Waals surface area contributed by atoms with E-state index in [1.807, 2.05) is 24.3 Å². The van der Waals surface area contributed by atoms with E-state index < -0.39 is 12.0 Å². The summed E-state index contributed by atoms with van der Waals surface area (Å²) in [5.41, 5.74) is 2.03. The lowest BCUT2D eigenvalue weighted by Gasteiger charge is -2.29. The molecule has 0 N–H and O–H groups in total. The van der Waals surface area contributed by atoms with E-state index in [-0.39, 0.29) is 12.5 Å². The number of anilines is 1. The lowest BCUT2D eigenvalue weighted by atomic mass is 9.97. The van der Waals surface area contributed by atoms with E-state index in [1.54, 1.807) is 57.4 Å². The van der Waals surface area contributed by atoms with Crippen molar-refractivity contribution in [2.24, 2.45) is 0 Å². The van der Waals surface area contributed by atoms with E-state index in [0.717, 1.165) is 17.7 Å². The lowest BCUT2D eigenvalue weighted by molar-refractivity contribution is -0.144. The van der Waals surface area contributed by atoms with Crippen LogP contribution in [0.2, 0.25) is 0 Å². The molecule has 0 fully saturated rings. The van der Waals surface area contributed by atoms with Crippen LogP contribution in [-0.2, 0) is 9.53 Å². The molecular weight excluding hydrogens is 602 g/mol. The van der Waals surface area contributed by atoms with Crippen LogP contribution in [0.3, 0.4) is 0 Å². The normalized spacial score (nSPS) is 12.4. The summed E-state index contributed by atoms with van der Waals surface area (Å²) in [4.78, 5) is 27.6. The zero-order valence-electron chi connectivity index (χ0n) is 21.6. The molecule has 196 valence electrons. The summed E-state index contributed by atoms with van der Waals surface area (Å²) >= 11 is 7.20. The second kappa shape index (κ2) is 13.1. The fourth-order valence-corrected chi connectivity index (χ4v) is 5.21. The summed E-state index contributed by atoms with van der Waals surface area (Å²) in [6, 6.07) is 17.2. The first kappa shape index (κ1) is 28.7. The monoisotopic (exact) mass is 631 g/mol. The van der Waals surface area contributed by atoms with Crippen LogP contribution in [0.5, 0.6) is 17.2 Å². The zero-order valence-corrected chi connectivity index (χ0v) is 24.8. The molecule has 8 heteroatoms. The van der Waals surface area contributed by atoms with Gasteiger partial charge in [0.15, 0.2) is 5.75 Å². The van der Waals surface area contributed by atoms with Crippen molar-refractivity contribution in [2.75, 3.05) is 18.6 Å². The van der Waals surface area contributed by atoms with Crippen molar-refractivity contribution in [1.29, 1.82) is 0 Å². The maximum absolute atomic E-state index is 13.5. The summed E-state index contributed by atoms with van der Waals surface area (Å²) in [6.45, 7) is 7.88. The number of halogens is 2. The maximum Gasteiger partial charge on any atom is 0.328 e. The number of carbonyl (C=O) groups excluding carboxylic acids is 2. The van der Waals surface area contributed by atoms with Crippen LogP contribution in [0.15, 0.2) is 69.6 Å². The van der Waals surface area contributed by atoms with Crippen LogP contribution in [0.25, 0.3) is 0 Å². The van der Waals surface area contributed by atoms with Crippen molar-refractivity contribution in [1.82, 2.24) is 0 Å². The minimum atomic E-state index is -0.849. The van der Waals surface area contributed by atoms with Gasteiger partial charge in [0.05, 0.1) is 22.7 Å². The van der Waals surface area contributed by atoms with Gasteiger partial charge in [-0.1, -0.05) is 32.0 Å². The van der Waals surface area contributed by atoms with Gasteiger partial charge in [-0.2, -0.15) is 0 Å². The SMILES string of the molecule is CCOC(=O)C(C)N(C(=O)c1ccccc1)c1cc(Br)c(Oc2ccc(OC)c(C(C)CC)c2)c(Br)c1. The van der Waals surface area contributed by atoms with Crippen molar-refractivity contribution in [2.45, 2.75) is 46.1 Å². The first-order valence-corrected chi connectivity index (χ1v) is 13.7. The standard InChI is InChI=1S/C29H31Br2NO5/c1-6-18(3)23-17-22(13-14-26(23)35-5)37-27-24(30)15-21(16-25(27)31)32(19(4)29(34)36-7-2)28(33)20-11-9-8-10-12-20/h8-19H,6-7H2,1-5H3. The number of carbonyl (C=O) groups is 2. The molecule has 6 nitrogen and oxygen atoms in total. The molecule has 0 aromatic heterocycles. The Kier molecular flexibility index (Phi) is 10.2. The quantitative estimate of drug-likeness (QED) is 0.211. The number of methoxy groups -OCH3 is 1. The van der Waals surface area contributed by atoms with Crippen LogP contribution < -0.4 is 14.4 Å². The molecule has 0 bridgehead atoms. The largest absolute Gasteiger partial charge is 0.496 e. The van der Waals surface area contributed by atoms with Crippen molar-refractivity contribution in [3.8, 4) is 17.2 Å². The van der Waals surface area contributed by atoms with Crippen molar-refractivity contribution >= 4 is 49.4 Å². The van der Waals surface area contributed by atoms with Gasteiger partial charge in [-0.15, -0.1) is 0 Å². The smallest absolute Gasteiger partial charge is 0.328 e. The summed E-state index contributed by atoms with van der Waals surface area (Å²) in [5, 5.41) is 0. The van der Waals surface area contributed by atoms with Gasteiger partial charge in [-0.05, 0) is 101 Å². The third-order valence-electron chi connectivity index (χ3n) is 6.08. The Labute approximate surface area is 235 Å². The van der Waals surface area contributed by atoms with Crippen LogP contribution in [0.1, 0.15) is 56.0 Å². The molecule has 1 amide bonds. The molecule has 2 atom stereocenters. The van der Waals surface area contributed by atoms with E-state index in [9.17, 15) is 9.59 Å². The molecule has 0 heterocycles. The Morgan fingerprint density at radius 3 is 2.16 bits per heavy atom. The molecule has 37 heavy (non-hydrogen) atoms. The zero-order chi connectivity index (χ0) is 27.1. The van der Waals surface area contributed by atoms with Gasteiger partial charge < -0.3 is 14.2 Å². The highest BCUT2D eigenvalue weighted by Gasteiger charge is 2.30. The number of hydrogen-bond acceptors (Lipinski definition) is 5. The van der Waals surface area contributed by atoms with Crippen molar-refractivity contribution in [3.63, 3.8) is 0 Å². The van der Waals surface area contributed by atoms with Gasteiger partial charge in [0.1, 0.15) is 17.5 Å². The maximum atomic E-state index is 13.5. The fraction of sp³-hybridized carbons (Fsp3) is 0.310. The van der Waals surface area contributed by atoms with Gasteiger partial charge in [-0.3, -0.25) is 9.69 Å². The summed E-state index contributed by atoms with van der Waals surface area (Å²) in [5.74, 6) is 1.51. The van der Waals surface area contributed by atoms with E-state index >= 15 is 0 Å². The predicted octanol–water partition coefficient (Wildman–Crippen LogP) is 8.12. The van der Waals surface area contributed by atoms with E-state index in [4.69, 9.17) is 14.2 Å². The Balaban J connectivity index is 2.01. The van der Waals surface area contributed by atoms with Gasteiger partial charge in [0.25, 0.3) is 5.91 Å². The summed E-state index contributed by atoms with van der Waals surface area (Å²) in [6.07, 6.45) is 0.964. The van der Waals surface area contributed by atoms with Crippen LogP contribution >= 0.6 is 31.9 Å². The van der Waals surface area contributed by atoms with Crippen LogP contribution in [0, 0.1) is 0 Å². The average molecular weight is 633 g/mol. The van der Waals surface area contributed by atoms with Crippen molar-refractivity contribution < 1.29 is 23.8 Å². The van der Waals surface area contributed by atoms with Crippen LogP contribution in [0.4, 0.5) is 5.69 Å². The molecule has 0 aliphatic heterocycles. The van der Waals surface area contributed by atoms with Gasteiger partial charge in [0, 0.05) is 16.8 Å². The highest BCUT2D eigenvalue weighted by Crippen LogP contribution is 2.42. The summed E-state index contributed by atoms with van der Waals surface area (Å²) < 4.78 is 18.2. The van der Waals surface area contributed by atoms with E-state index in [2.05, 4.69) is 45.7 Å². The third-order valence-corrected chi connectivity index (χ3v) is 7.26. The van der Waals surface area contributed by atoms with E-state index in [1.165, 1.54) is 4.90 Å². The summed E-state index contributed by atoms with van der Waals surface area (Å²) in [7, 11) is 1.66. The Morgan fingerprint density at radius 1 is 0.946 bits per heavy atom. The number of hydrogen-bond donors (Lipinski definition) is 0. The molecule has 0 saturated heterocycles. The third kappa shape index (κ3) is 6.73. The van der Waals surface area contributed by atoms with Gasteiger partial charge >= 0.3 is 5.97 Å². The molecular formula is C29H31Br2NO5. The van der Waals surface area contributed by atoms with Gasteiger partial charge in [0.2, 0.25) is 0 Å². The fourth-order valence-electron chi connectivity index (χ4n) is 3.89. The second-order valence-corrected chi connectivity index (χ2v) is 10.2. The molecule has 3 rings (SSSR count). The average Bonchev–Trinajstić information content (AvgIpc) is 2.90. The molecule has 0 radical (unpaired) electrons. The predicted molar refractivity (Wildman–Crippen MR) is 153 cm³/mol. The highest BCUT2D eigenvalue weighted by atomic mass is 79.9. The minimum absolute atomic E-state index is 0.219. The van der Waals surface area contributed by atoms with E-state index in [0.29, 0.717) is 37.6 Å². The Bertz CT molecular complexity index is 1230. The molecule has 3 aromatic carbocycles. The van der Waals surface area contributed by atoms with Gasteiger partial charge in [-0.25, -0.2) is 4.79 Å². The Hall–Kier alpha value is -2.84. The number of amides is 1. The molecule has 3 aromatic rings. The lowest BCUT2D eigenvalue weighted by Crippen LogP contribution is -2.44. The minimum Gasteiger partial charge on any atom is -0.496 e. The second-order valence-electron chi connectivity index (χ2n) is 8.52. The molecule has 0 aliphatic rings. The number of esters is 1. The number of rotatable bonds is 10. The molecule has 0 spiro atoms. The first-order valence-electron chi connectivity index (χ1n) is 12.1. The van der Waals surface area contributed by atoms with Crippen LogP contribution in [-0.4, -0.2) is 31.6 Å².